The third-order valence-electron chi connectivity index (χ3n) is 9.01. The molecule has 0 saturated carbocycles. The van der Waals surface area contributed by atoms with Crippen LogP contribution in [0.4, 0.5) is 0 Å². The van der Waals surface area contributed by atoms with E-state index in [1.54, 1.807) is 13.0 Å². The lowest BCUT2D eigenvalue weighted by atomic mass is 9.96. The minimum absolute atomic E-state index is 0.429. The van der Waals surface area contributed by atoms with Crippen LogP contribution >= 0.6 is 0 Å². The Kier molecular flexibility index (Phi) is 15.0. The van der Waals surface area contributed by atoms with Crippen LogP contribution in [-0.4, -0.2) is 145 Å². The fraction of sp³-hybridized carbons (Fsp3) is 0.818. The van der Waals surface area contributed by atoms with Gasteiger partial charge in [0, 0.05) is 0 Å². The average Bonchev–Trinajstić information content (AvgIpc) is 3.02. The number of ether oxygens (including phenoxy) is 6. The molecule has 0 radical (unpaired) electrons. The zero-order valence-corrected chi connectivity index (χ0v) is 28.2. The van der Waals surface area contributed by atoms with Gasteiger partial charge in [0.25, 0.3) is 0 Å². The topological polar surface area (TPSA) is 217 Å². The van der Waals surface area contributed by atoms with Crippen LogP contribution in [-0.2, 0) is 28.4 Å². The summed E-state index contributed by atoms with van der Waals surface area (Å²) in [6, 6.07) is 0. The van der Waals surface area contributed by atoms with Gasteiger partial charge in [-0.1, -0.05) is 29.4 Å². The number of hydrogen-bond acceptors (Lipinski definition) is 14. The highest BCUT2D eigenvalue weighted by molar-refractivity contribution is 5.04. The Morgan fingerprint density at radius 3 is 1.94 bits per heavy atom. The van der Waals surface area contributed by atoms with E-state index in [1.165, 1.54) is 25.0 Å². The smallest absolute Gasteiger partial charge is 0.187 e. The minimum Gasteiger partial charge on any atom is -0.388 e. The Morgan fingerprint density at radius 2 is 1.30 bits per heavy atom. The highest BCUT2D eigenvalue weighted by Gasteiger charge is 2.51. The Balaban J connectivity index is 1.58. The molecule has 0 aromatic rings. The minimum atomic E-state index is -1.67. The number of rotatable bonds is 14. The maximum atomic E-state index is 10.8. The van der Waals surface area contributed by atoms with Crippen LogP contribution in [0.2, 0.25) is 0 Å². The highest BCUT2D eigenvalue weighted by atomic mass is 16.8. The van der Waals surface area contributed by atoms with Crippen molar-refractivity contribution in [2.24, 2.45) is 0 Å². The summed E-state index contributed by atoms with van der Waals surface area (Å²) in [5, 5.41) is 83.8. The van der Waals surface area contributed by atoms with Crippen molar-refractivity contribution >= 4 is 0 Å². The van der Waals surface area contributed by atoms with E-state index in [4.69, 9.17) is 28.4 Å². The maximum absolute atomic E-state index is 10.8. The van der Waals surface area contributed by atoms with Crippen molar-refractivity contribution in [3.8, 4) is 0 Å². The SMILES string of the molecule is C=CC(C)(CC/C=C(/C)CCC=C(C)C)O[C@@H]1O[C@H](CO[C@@H]2O[C@@H](C)[C@H](O[C@@H]3O[C@@H](C)[C@H](O)[C@@H](O)[C@H]3O)[C@@H](O)[C@H]2O)[C@@H](O)[C@H](O)[C@H]1O. The summed E-state index contributed by atoms with van der Waals surface area (Å²) in [6.07, 6.45) is -12.1. The summed E-state index contributed by atoms with van der Waals surface area (Å²) >= 11 is 0. The second kappa shape index (κ2) is 17.5. The summed E-state index contributed by atoms with van der Waals surface area (Å²) in [5.41, 5.74) is 1.55. The van der Waals surface area contributed by atoms with Crippen molar-refractivity contribution in [1.82, 2.24) is 0 Å². The van der Waals surface area contributed by atoms with Gasteiger partial charge in [-0.15, -0.1) is 6.58 Å². The summed E-state index contributed by atoms with van der Waals surface area (Å²) in [5.74, 6) is 0. The first-order chi connectivity index (χ1) is 22.0. The number of allylic oxidation sites excluding steroid dienone is 4. The van der Waals surface area contributed by atoms with Gasteiger partial charge in [0.15, 0.2) is 18.9 Å². The van der Waals surface area contributed by atoms with Crippen molar-refractivity contribution in [1.29, 1.82) is 0 Å². The monoisotopic (exact) mass is 676 g/mol. The van der Waals surface area contributed by atoms with E-state index in [2.05, 4.69) is 39.5 Å². The van der Waals surface area contributed by atoms with E-state index in [1.807, 2.05) is 0 Å². The van der Waals surface area contributed by atoms with Crippen LogP contribution in [0.25, 0.3) is 0 Å². The van der Waals surface area contributed by atoms with E-state index in [9.17, 15) is 40.9 Å². The van der Waals surface area contributed by atoms with Crippen molar-refractivity contribution in [3.05, 3.63) is 36.0 Å². The third kappa shape index (κ3) is 10.3. The fourth-order valence-corrected chi connectivity index (χ4v) is 5.72. The Hall–Kier alpha value is -1.34. The number of aliphatic hydroxyl groups excluding tert-OH is 8. The molecule has 8 N–H and O–H groups in total. The van der Waals surface area contributed by atoms with Crippen molar-refractivity contribution in [2.45, 2.75) is 165 Å². The zero-order chi connectivity index (χ0) is 35.2. The summed E-state index contributed by atoms with van der Waals surface area (Å²) in [7, 11) is 0. The molecule has 0 bridgehead atoms. The van der Waals surface area contributed by atoms with Crippen molar-refractivity contribution in [3.63, 3.8) is 0 Å². The van der Waals surface area contributed by atoms with Crippen molar-refractivity contribution in [2.75, 3.05) is 6.61 Å². The zero-order valence-electron chi connectivity index (χ0n) is 28.2. The lowest BCUT2D eigenvalue weighted by Gasteiger charge is -2.46. The molecule has 1 unspecified atom stereocenters. The van der Waals surface area contributed by atoms with Gasteiger partial charge in [-0.25, -0.2) is 0 Å². The number of aliphatic hydroxyl groups is 8. The van der Waals surface area contributed by atoms with Crippen LogP contribution in [0, 0.1) is 0 Å². The predicted octanol–water partition coefficient (Wildman–Crippen LogP) is -0.0759. The molecule has 0 amide bonds. The van der Waals surface area contributed by atoms with Crippen LogP contribution in [0.15, 0.2) is 36.0 Å². The van der Waals surface area contributed by atoms with E-state index < -0.39 is 104 Å². The molecule has 3 rings (SSSR count). The second-order valence-electron chi connectivity index (χ2n) is 13.4. The maximum Gasteiger partial charge on any atom is 0.187 e. The molecule has 0 spiro atoms. The van der Waals surface area contributed by atoms with E-state index >= 15 is 0 Å². The molecular weight excluding hydrogens is 620 g/mol. The quantitative estimate of drug-likeness (QED) is 0.113. The molecule has 3 heterocycles. The van der Waals surface area contributed by atoms with E-state index in [0.717, 1.165) is 12.8 Å². The molecule has 14 heteroatoms. The largest absolute Gasteiger partial charge is 0.388 e. The molecule has 3 fully saturated rings. The molecule has 16 atom stereocenters. The molecule has 0 aromatic carbocycles. The van der Waals surface area contributed by atoms with Gasteiger partial charge in [-0.05, 0) is 67.2 Å². The van der Waals surface area contributed by atoms with Crippen LogP contribution in [0.1, 0.15) is 67.2 Å². The molecule has 47 heavy (non-hydrogen) atoms. The summed E-state index contributed by atoms with van der Waals surface area (Å²) in [4.78, 5) is 0. The van der Waals surface area contributed by atoms with Gasteiger partial charge in [-0.3, -0.25) is 0 Å². The lowest BCUT2D eigenvalue weighted by Crippen LogP contribution is -2.63. The van der Waals surface area contributed by atoms with Crippen molar-refractivity contribution < 1.29 is 69.3 Å². The van der Waals surface area contributed by atoms with Gasteiger partial charge in [0.05, 0.1) is 24.4 Å². The molecule has 0 aromatic heterocycles. The van der Waals surface area contributed by atoms with Gasteiger partial charge in [0.2, 0.25) is 0 Å². The molecule has 3 aliphatic heterocycles. The second-order valence-corrected chi connectivity index (χ2v) is 13.4. The van der Waals surface area contributed by atoms with Gasteiger partial charge >= 0.3 is 0 Å². The summed E-state index contributed by atoms with van der Waals surface area (Å²) < 4.78 is 34.4. The Labute approximate surface area is 276 Å². The first kappa shape index (κ1) is 40.1. The first-order valence-electron chi connectivity index (χ1n) is 16.3. The molecule has 3 aliphatic rings. The van der Waals surface area contributed by atoms with Gasteiger partial charge in [0.1, 0.15) is 61.0 Å². The first-order valence-corrected chi connectivity index (χ1v) is 16.3. The molecule has 272 valence electrons. The van der Waals surface area contributed by atoms with Crippen LogP contribution < -0.4 is 0 Å². The molecule has 3 saturated heterocycles. The van der Waals surface area contributed by atoms with E-state index in [-0.39, 0.29) is 0 Å². The summed E-state index contributed by atoms with van der Waals surface area (Å²) in [6.45, 7) is 14.4. The average molecular weight is 677 g/mol. The lowest BCUT2D eigenvalue weighted by molar-refractivity contribution is -0.360. The third-order valence-corrected chi connectivity index (χ3v) is 9.01. The highest BCUT2D eigenvalue weighted by Crippen LogP contribution is 2.32. The molecule has 0 aliphatic carbocycles. The standard InChI is InChI=1S/C33H56O14/c1-8-33(7,14-10-13-17(4)12-9-11-16(2)3)47-32-27(40)24(37)22(35)20(45-32)15-42-30-28(41)25(38)29(19(6)44-30)46-31-26(39)23(36)21(34)18(5)43-31/h8,11,13,18-32,34-41H,1,9-10,12,14-15H2,2-7H3/b17-13-/t18-,19-,20+,21-,22+,23+,24-,25-,26+,27+,28+,29-,30+,31-,32-,33?/m0/s1. The van der Waals surface area contributed by atoms with Gasteiger partial charge < -0.3 is 69.3 Å². The number of hydrogen-bond donors (Lipinski definition) is 8. The molecule has 14 nitrogen and oxygen atoms in total. The normalized spacial score (nSPS) is 42.9. The van der Waals surface area contributed by atoms with Crippen LogP contribution in [0.3, 0.4) is 0 Å². The van der Waals surface area contributed by atoms with Crippen LogP contribution in [0.5, 0.6) is 0 Å². The Morgan fingerprint density at radius 1 is 0.702 bits per heavy atom. The predicted molar refractivity (Wildman–Crippen MR) is 168 cm³/mol. The van der Waals surface area contributed by atoms with E-state index in [0.29, 0.717) is 12.8 Å². The Bertz CT molecular complexity index is 1050. The fourth-order valence-electron chi connectivity index (χ4n) is 5.72. The van der Waals surface area contributed by atoms with Gasteiger partial charge in [-0.2, -0.15) is 0 Å². The molecular formula is C33H56O14.